The molecule has 0 aliphatic carbocycles. The number of cyclic esters (lactones) is 1. The Labute approximate surface area is 150 Å². The molecule has 0 saturated heterocycles. The Morgan fingerprint density at radius 2 is 1.92 bits per heavy atom. The highest BCUT2D eigenvalue weighted by atomic mass is 127. The van der Waals surface area contributed by atoms with Gasteiger partial charge < -0.3 is 14.2 Å². The molecular formula is C16H12INO6. The van der Waals surface area contributed by atoms with Crippen molar-refractivity contribution in [1.29, 1.82) is 0 Å². The Morgan fingerprint density at radius 1 is 1.17 bits per heavy atom. The molecule has 0 unspecified atom stereocenters. The second-order valence-corrected chi connectivity index (χ2v) is 6.74. The molecule has 1 aliphatic rings. The molecular weight excluding hydrogens is 429 g/mol. The van der Waals surface area contributed by atoms with Gasteiger partial charge in [0.2, 0.25) is 11.5 Å². The van der Waals surface area contributed by atoms with Crippen LogP contribution < -0.4 is 9.47 Å². The monoisotopic (exact) mass is 441 g/mol. The minimum absolute atomic E-state index is 0.0337. The van der Waals surface area contributed by atoms with Gasteiger partial charge in [0.15, 0.2) is 0 Å². The van der Waals surface area contributed by atoms with Gasteiger partial charge in [0.05, 0.1) is 4.92 Å². The van der Waals surface area contributed by atoms with Crippen LogP contribution in [0.3, 0.4) is 0 Å². The average molecular weight is 441 g/mol. The third-order valence-electron chi connectivity index (χ3n) is 3.22. The van der Waals surface area contributed by atoms with Gasteiger partial charge in [-0.05, 0) is 46.9 Å². The normalized spacial score (nSPS) is 15.0. The molecule has 2 aromatic carbocycles. The third kappa shape index (κ3) is 3.14. The molecule has 7 nitrogen and oxygen atoms in total. The van der Waals surface area contributed by atoms with Crippen LogP contribution in [0.1, 0.15) is 24.2 Å². The molecule has 124 valence electrons. The van der Waals surface area contributed by atoms with Crippen LogP contribution >= 0.6 is 22.6 Å². The first kappa shape index (κ1) is 16.5. The lowest BCUT2D eigenvalue weighted by molar-refractivity contribution is -0.385. The van der Waals surface area contributed by atoms with Crippen LogP contribution in [0.4, 0.5) is 5.69 Å². The maximum absolute atomic E-state index is 12.3. The molecule has 0 atom stereocenters. The van der Waals surface area contributed by atoms with Crippen LogP contribution in [0.2, 0.25) is 0 Å². The van der Waals surface area contributed by atoms with Crippen molar-refractivity contribution in [3.05, 3.63) is 55.6 Å². The highest BCUT2D eigenvalue weighted by Crippen LogP contribution is 2.40. The summed E-state index contributed by atoms with van der Waals surface area (Å²) < 4.78 is 17.1. The number of carbonyl (C=O) groups excluding carboxylic acids is 1. The zero-order valence-electron chi connectivity index (χ0n) is 12.7. The second kappa shape index (κ2) is 5.93. The number of rotatable bonds is 3. The summed E-state index contributed by atoms with van der Waals surface area (Å²) in [5.74, 6) is -1.21. The molecule has 0 amide bonds. The van der Waals surface area contributed by atoms with Gasteiger partial charge in [0.25, 0.3) is 0 Å². The number of benzene rings is 2. The maximum atomic E-state index is 12.3. The van der Waals surface area contributed by atoms with Gasteiger partial charge in [-0.25, -0.2) is 4.79 Å². The van der Waals surface area contributed by atoms with Crippen LogP contribution in [0, 0.1) is 13.7 Å². The number of fused-ring (bicyclic) bond motifs is 1. The van der Waals surface area contributed by atoms with Crippen molar-refractivity contribution in [2.24, 2.45) is 0 Å². The Kier molecular flexibility index (Phi) is 4.08. The van der Waals surface area contributed by atoms with Gasteiger partial charge in [-0.2, -0.15) is 0 Å². The number of hydrogen-bond donors (Lipinski definition) is 0. The zero-order valence-corrected chi connectivity index (χ0v) is 14.9. The van der Waals surface area contributed by atoms with E-state index in [9.17, 15) is 14.9 Å². The summed E-state index contributed by atoms with van der Waals surface area (Å²) in [4.78, 5) is 22.9. The molecule has 24 heavy (non-hydrogen) atoms. The molecule has 1 heterocycles. The van der Waals surface area contributed by atoms with E-state index in [1.54, 1.807) is 32.0 Å². The zero-order chi connectivity index (χ0) is 17.5. The van der Waals surface area contributed by atoms with Crippen LogP contribution in [0.5, 0.6) is 17.2 Å². The fourth-order valence-electron chi connectivity index (χ4n) is 2.28. The van der Waals surface area contributed by atoms with Gasteiger partial charge in [-0.3, -0.25) is 10.1 Å². The number of nitrogens with zero attached hydrogens (tertiary/aromatic N) is 1. The first-order chi connectivity index (χ1) is 11.3. The second-order valence-electron chi connectivity index (χ2n) is 5.49. The van der Waals surface area contributed by atoms with E-state index in [1.165, 1.54) is 18.2 Å². The Hall–Kier alpha value is -2.36. The predicted molar refractivity (Wildman–Crippen MR) is 92.5 cm³/mol. The topological polar surface area (TPSA) is 87.9 Å². The summed E-state index contributed by atoms with van der Waals surface area (Å²) in [7, 11) is 0. The lowest BCUT2D eigenvalue weighted by Gasteiger charge is -2.32. The Balaban J connectivity index is 2.05. The van der Waals surface area contributed by atoms with Crippen LogP contribution in [-0.4, -0.2) is 16.7 Å². The largest absolute Gasteiger partial charge is 0.452 e. The molecule has 0 radical (unpaired) electrons. The summed E-state index contributed by atoms with van der Waals surface area (Å²) in [5, 5.41) is 11.2. The number of nitro groups is 1. The summed E-state index contributed by atoms with van der Waals surface area (Å²) >= 11 is 1.97. The van der Waals surface area contributed by atoms with E-state index in [2.05, 4.69) is 0 Å². The summed E-state index contributed by atoms with van der Waals surface area (Å²) in [6.45, 7) is 3.23. The number of ether oxygens (including phenoxy) is 3. The molecule has 0 fully saturated rings. The molecule has 3 rings (SSSR count). The van der Waals surface area contributed by atoms with Crippen molar-refractivity contribution in [2.75, 3.05) is 0 Å². The van der Waals surface area contributed by atoms with Crippen molar-refractivity contribution < 1.29 is 23.9 Å². The lowest BCUT2D eigenvalue weighted by Crippen LogP contribution is -2.38. The lowest BCUT2D eigenvalue weighted by atomic mass is 10.1. The Morgan fingerprint density at radius 3 is 2.62 bits per heavy atom. The number of hydrogen-bond acceptors (Lipinski definition) is 6. The van der Waals surface area contributed by atoms with E-state index in [0.29, 0.717) is 9.32 Å². The Bertz CT molecular complexity index is 848. The van der Waals surface area contributed by atoms with E-state index >= 15 is 0 Å². The average Bonchev–Trinajstić information content (AvgIpc) is 2.47. The fraction of sp³-hybridized carbons (Fsp3) is 0.188. The first-order valence-electron chi connectivity index (χ1n) is 6.94. The number of carbonyl (C=O) groups is 1. The molecule has 0 N–H and O–H groups in total. The van der Waals surface area contributed by atoms with Gasteiger partial charge in [0.1, 0.15) is 17.1 Å². The number of halogens is 1. The van der Waals surface area contributed by atoms with Crippen molar-refractivity contribution in [1.82, 2.24) is 0 Å². The molecule has 1 aliphatic heterocycles. The van der Waals surface area contributed by atoms with Gasteiger partial charge in [-0.15, -0.1) is 0 Å². The van der Waals surface area contributed by atoms with Crippen molar-refractivity contribution in [2.45, 2.75) is 19.6 Å². The van der Waals surface area contributed by atoms with Crippen molar-refractivity contribution in [3.63, 3.8) is 0 Å². The van der Waals surface area contributed by atoms with Crippen molar-refractivity contribution in [3.8, 4) is 17.2 Å². The van der Waals surface area contributed by atoms with Gasteiger partial charge in [0, 0.05) is 23.5 Å². The minimum atomic E-state index is -1.09. The smallest absolute Gasteiger partial charge is 0.349 e. The van der Waals surface area contributed by atoms with E-state index in [0.717, 1.165) is 0 Å². The van der Waals surface area contributed by atoms with Crippen LogP contribution in [0.15, 0.2) is 36.4 Å². The summed E-state index contributed by atoms with van der Waals surface area (Å²) in [5.41, 5.74) is -0.0883. The molecule has 0 bridgehead atoms. The van der Waals surface area contributed by atoms with E-state index in [4.69, 9.17) is 14.2 Å². The number of esters is 1. The molecule has 0 saturated carbocycles. The summed E-state index contributed by atoms with van der Waals surface area (Å²) in [6, 6.07) is 9.34. The van der Waals surface area contributed by atoms with Crippen LogP contribution in [0.25, 0.3) is 0 Å². The maximum Gasteiger partial charge on any atom is 0.349 e. The van der Waals surface area contributed by atoms with E-state index in [-0.39, 0.29) is 22.7 Å². The van der Waals surface area contributed by atoms with Gasteiger partial charge in [-0.1, -0.05) is 6.07 Å². The molecule has 2 aromatic rings. The van der Waals surface area contributed by atoms with E-state index in [1.807, 2.05) is 22.6 Å². The predicted octanol–water partition coefficient (Wildman–Crippen LogP) is 4.28. The summed E-state index contributed by atoms with van der Waals surface area (Å²) in [6.07, 6.45) is 0. The van der Waals surface area contributed by atoms with Crippen molar-refractivity contribution >= 4 is 34.2 Å². The molecule has 8 heteroatoms. The fourth-order valence-corrected chi connectivity index (χ4v) is 2.75. The first-order valence-corrected chi connectivity index (χ1v) is 8.02. The minimum Gasteiger partial charge on any atom is -0.452 e. The van der Waals surface area contributed by atoms with E-state index < -0.39 is 16.7 Å². The van der Waals surface area contributed by atoms with Gasteiger partial charge >= 0.3 is 11.7 Å². The highest BCUT2D eigenvalue weighted by molar-refractivity contribution is 14.1. The third-order valence-corrected chi connectivity index (χ3v) is 3.89. The SMILES string of the molecule is CC1(C)OC(=O)c2c(Oc3ccc(I)cc3[N+](=O)[O-])cccc2O1. The number of nitro benzene ring substituents is 1. The standard InChI is InChI=1S/C16H12INO6/c1-16(2)23-13-5-3-4-12(14(13)15(19)24-16)22-11-7-6-9(17)8-10(11)18(20)21/h3-8H,1-2H3. The molecule has 0 spiro atoms. The quantitative estimate of drug-likeness (QED) is 0.306. The molecule has 0 aromatic heterocycles. The highest BCUT2D eigenvalue weighted by Gasteiger charge is 2.36. The van der Waals surface area contributed by atoms with Crippen LogP contribution in [-0.2, 0) is 4.74 Å².